The molecule has 266 valence electrons. The Balaban J connectivity index is 1.55. The quantitative estimate of drug-likeness (QED) is 0.228. The Morgan fingerprint density at radius 3 is 2.19 bits per heavy atom. The van der Waals surface area contributed by atoms with Gasteiger partial charge >= 0.3 is 6.18 Å². The van der Waals surface area contributed by atoms with E-state index in [2.05, 4.69) is 13.8 Å². The smallest absolute Gasteiger partial charge is 0.396 e. The Bertz CT molecular complexity index is 1450. The van der Waals surface area contributed by atoms with Crippen LogP contribution in [0.4, 0.5) is 17.6 Å². The number of nitrogens with zero attached hydrogens (tertiary/aromatic N) is 1. The molecule has 1 heterocycles. The van der Waals surface area contributed by atoms with Crippen LogP contribution in [-0.4, -0.2) is 80.1 Å². The first-order chi connectivity index (χ1) is 21.6. The highest BCUT2D eigenvalue weighted by atomic mass is 32.2. The van der Waals surface area contributed by atoms with E-state index < -0.39 is 45.1 Å². The number of benzene rings is 1. The molecular formula is C35H51F4NO6S. The van der Waals surface area contributed by atoms with E-state index in [-0.39, 0.29) is 47.5 Å². The molecule has 5 rings (SSSR count). The highest BCUT2D eigenvalue weighted by Gasteiger charge is 2.58. The molecule has 1 aromatic rings. The Morgan fingerprint density at radius 2 is 1.64 bits per heavy atom. The van der Waals surface area contributed by atoms with E-state index in [0.29, 0.717) is 58.7 Å². The van der Waals surface area contributed by atoms with Gasteiger partial charge in [0.2, 0.25) is 15.7 Å². The van der Waals surface area contributed by atoms with Crippen molar-refractivity contribution in [3.8, 4) is 0 Å². The molecule has 12 heteroatoms. The van der Waals surface area contributed by atoms with Gasteiger partial charge in [0, 0.05) is 44.9 Å². The molecule has 1 saturated heterocycles. The summed E-state index contributed by atoms with van der Waals surface area (Å²) in [6.45, 7) is 7.45. The number of ether oxygens (including phenoxy) is 2. The fourth-order valence-electron chi connectivity index (χ4n) is 8.61. The number of allylic oxidation sites excluding steroid dienone is 1. The Morgan fingerprint density at radius 1 is 1.02 bits per heavy atom. The van der Waals surface area contributed by atoms with E-state index >= 15 is 0 Å². The van der Waals surface area contributed by atoms with E-state index in [1.807, 2.05) is 6.92 Å². The second kappa shape index (κ2) is 12.3. The summed E-state index contributed by atoms with van der Waals surface area (Å²) in [6, 6.07) is 6.72. The van der Waals surface area contributed by atoms with E-state index in [0.717, 1.165) is 21.0 Å². The number of sulfonamides is 1. The van der Waals surface area contributed by atoms with Crippen LogP contribution >= 0.6 is 0 Å². The summed E-state index contributed by atoms with van der Waals surface area (Å²) in [5.41, 5.74) is -2.62. The molecule has 0 aromatic heterocycles. The van der Waals surface area contributed by atoms with Crippen molar-refractivity contribution in [3.63, 3.8) is 0 Å². The van der Waals surface area contributed by atoms with Crippen LogP contribution in [0.2, 0.25) is 0 Å². The van der Waals surface area contributed by atoms with Crippen molar-refractivity contribution in [2.45, 2.75) is 120 Å². The van der Waals surface area contributed by atoms with Crippen molar-refractivity contribution in [1.29, 1.82) is 0 Å². The second-order valence-corrected chi connectivity index (χ2v) is 18.2. The lowest BCUT2D eigenvalue weighted by molar-refractivity contribution is -0.322. The summed E-state index contributed by atoms with van der Waals surface area (Å²) in [5.74, 6) is -1.58. The van der Waals surface area contributed by atoms with Crippen LogP contribution in [0.25, 0.3) is 0 Å². The van der Waals surface area contributed by atoms with Gasteiger partial charge in [-0.25, -0.2) is 17.1 Å². The third kappa shape index (κ3) is 6.80. The van der Waals surface area contributed by atoms with Crippen LogP contribution < -0.4 is 0 Å². The average Bonchev–Trinajstić information content (AvgIpc) is 2.98. The monoisotopic (exact) mass is 689 g/mol. The van der Waals surface area contributed by atoms with E-state index in [1.54, 1.807) is 24.3 Å². The molecule has 1 aromatic carbocycles. The largest absolute Gasteiger partial charge is 0.422 e. The molecule has 47 heavy (non-hydrogen) atoms. The SMILES string of the molecule is CN(C)S(=O)(=O)c1ccc([C@H]2C[C@](C)(CO)C(CCCC(C)(F)C(F)(F)F)C3CC[C@@]4(O)CC5(CCC4=C32)OCC(C)(C)CO5)cc1. The first-order valence-electron chi connectivity index (χ1n) is 16.7. The summed E-state index contributed by atoms with van der Waals surface area (Å²) >= 11 is 0. The van der Waals surface area contributed by atoms with Gasteiger partial charge in [-0.2, -0.15) is 13.2 Å². The fourth-order valence-corrected chi connectivity index (χ4v) is 9.51. The highest BCUT2D eigenvalue weighted by molar-refractivity contribution is 7.89. The molecule has 2 saturated carbocycles. The van der Waals surface area contributed by atoms with Gasteiger partial charge in [-0.3, -0.25) is 0 Å². The van der Waals surface area contributed by atoms with Crippen molar-refractivity contribution in [2.75, 3.05) is 33.9 Å². The second-order valence-electron chi connectivity index (χ2n) is 16.1. The third-order valence-electron chi connectivity index (χ3n) is 11.5. The zero-order valence-electron chi connectivity index (χ0n) is 28.4. The lowest BCUT2D eigenvalue weighted by Gasteiger charge is -2.58. The van der Waals surface area contributed by atoms with Gasteiger partial charge in [-0.05, 0) is 92.4 Å². The van der Waals surface area contributed by atoms with Gasteiger partial charge in [0.1, 0.15) is 0 Å². The first kappa shape index (κ1) is 36.7. The molecule has 4 aliphatic rings. The molecule has 7 nitrogen and oxygen atoms in total. The minimum Gasteiger partial charge on any atom is -0.396 e. The van der Waals surface area contributed by atoms with Crippen molar-refractivity contribution in [1.82, 2.24) is 4.31 Å². The standard InChI is InChI=1S/C35H51F4NO6S/c1-30(2)21-45-34(46-22-30)17-14-28-29-25(13-16-33(28,42)19-34)27(8-7-15-32(4,36)35(37,38)39)31(3,20-41)18-26(29)23-9-11-24(12-10-23)47(43,44)40(5)6/h9-12,25-27,41-42H,7-8,13-22H2,1-6H3/t25?,26-,27?,31-,32?,33-/m1/s1. The summed E-state index contributed by atoms with van der Waals surface area (Å²) < 4.78 is 94.2. The maximum absolute atomic E-state index is 14.6. The molecule has 2 N–H and O–H groups in total. The number of hydrogen-bond donors (Lipinski definition) is 2. The molecule has 1 aliphatic heterocycles. The normalized spacial score (nSPS) is 33.8. The van der Waals surface area contributed by atoms with Gasteiger partial charge < -0.3 is 19.7 Å². The van der Waals surface area contributed by atoms with Gasteiger partial charge in [0.15, 0.2) is 5.79 Å². The van der Waals surface area contributed by atoms with Crippen LogP contribution in [0, 0.1) is 22.7 Å². The van der Waals surface area contributed by atoms with Gasteiger partial charge in [0.25, 0.3) is 0 Å². The third-order valence-corrected chi connectivity index (χ3v) is 13.4. The van der Waals surface area contributed by atoms with E-state index in [1.165, 1.54) is 14.1 Å². The van der Waals surface area contributed by atoms with Gasteiger partial charge in [-0.1, -0.05) is 38.5 Å². The minimum atomic E-state index is -4.97. The number of aliphatic hydroxyl groups is 2. The van der Waals surface area contributed by atoms with Crippen LogP contribution in [0.3, 0.4) is 0 Å². The molecule has 6 atom stereocenters. The molecular weight excluding hydrogens is 638 g/mol. The van der Waals surface area contributed by atoms with Gasteiger partial charge in [-0.15, -0.1) is 0 Å². The predicted octanol–water partition coefficient (Wildman–Crippen LogP) is 6.89. The van der Waals surface area contributed by atoms with Crippen LogP contribution in [0.1, 0.15) is 97.0 Å². The van der Waals surface area contributed by atoms with Crippen molar-refractivity contribution in [2.24, 2.45) is 22.7 Å². The first-order valence-corrected chi connectivity index (χ1v) is 18.2. The fraction of sp³-hybridized carbons (Fsp3) is 0.771. The molecule has 3 aliphatic carbocycles. The molecule has 1 spiro atoms. The number of fused-ring (bicyclic) bond motifs is 2. The zero-order valence-corrected chi connectivity index (χ0v) is 29.2. The summed E-state index contributed by atoms with van der Waals surface area (Å²) in [6.07, 6.45) is -2.65. The minimum absolute atomic E-state index is 0.00150. The Kier molecular flexibility index (Phi) is 9.63. The number of hydrogen-bond acceptors (Lipinski definition) is 6. The maximum Gasteiger partial charge on any atom is 0.422 e. The van der Waals surface area contributed by atoms with Crippen LogP contribution in [0.15, 0.2) is 40.3 Å². The Hall–Kier alpha value is -1.57. The highest BCUT2D eigenvalue weighted by Crippen LogP contribution is 2.62. The summed E-state index contributed by atoms with van der Waals surface area (Å²) in [4.78, 5) is 0.146. The lowest BCUT2D eigenvalue weighted by Crippen LogP contribution is -2.57. The average molecular weight is 690 g/mol. The van der Waals surface area contributed by atoms with Gasteiger partial charge in [0.05, 0.1) is 23.7 Å². The summed E-state index contributed by atoms with van der Waals surface area (Å²) in [7, 11) is -0.735. The number of alkyl halides is 4. The molecule has 0 bridgehead atoms. The molecule has 3 fully saturated rings. The molecule has 0 amide bonds. The molecule has 0 radical (unpaired) electrons. The Labute approximate surface area is 276 Å². The number of aliphatic hydroxyl groups excluding tert-OH is 1. The van der Waals surface area contributed by atoms with E-state index in [4.69, 9.17) is 9.47 Å². The topological polar surface area (TPSA) is 96.3 Å². The van der Waals surface area contributed by atoms with Crippen molar-refractivity contribution < 1.29 is 45.7 Å². The number of halogens is 4. The van der Waals surface area contributed by atoms with E-state index in [9.17, 15) is 36.2 Å². The van der Waals surface area contributed by atoms with Crippen LogP contribution in [0.5, 0.6) is 0 Å². The predicted molar refractivity (Wildman–Crippen MR) is 170 cm³/mol. The van der Waals surface area contributed by atoms with Crippen LogP contribution in [-0.2, 0) is 19.5 Å². The zero-order chi connectivity index (χ0) is 34.8. The molecule has 3 unspecified atom stereocenters. The number of rotatable bonds is 8. The summed E-state index contributed by atoms with van der Waals surface area (Å²) in [5, 5.41) is 23.2. The van der Waals surface area contributed by atoms with Crippen molar-refractivity contribution in [3.05, 3.63) is 41.0 Å². The lowest BCUT2D eigenvalue weighted by atomic mass is 9.50. The maximum atomic E-state index is 14.6. The van der Waals surface area contributed by atoms with Crippen molar-refractivity contribution >= 4 is 10.0 Å².